The van der Waals surface area contributed by atoms with Crippen LogP contribution in [-0.2, 0) is 4.79 Å². The minimum absolute atomic E-state index is 0.0189. The van der Waals surface area contributed by atoms with Crippen molar-refractivity contribution in [2.24, 2.45) is 5.10 Å². The van der Waals surface area contributed by atoms with E-state index in [1.54, 1.807) is 12.1 Å². The van der Waals surface area contributed by atoms with E-state index in [9.17, 15) is 24.1 Å². The molecule has 13 heteroatoms. The molecule has 4 aromatic rings. The number of fused-ring (bicyclic) bond motifs is 1. The predicted octanol–water partition coefficient (Wildman–Crippen LogP) is 6.16. The molecule has 1 aliphatic rings. The second kappa shape index (κ2) is 13.1. The molecule has 1 heterocycles. The highest BCUT2D eigenvalue weighted by Crippen LogP contribution is 2.38. The van der Waals surface area contributed by atoms with Crippen LogP contribution in [0.25, 0.3) is 10.9 Å². The second-order valence-electron chi connectivity index (χ2n) is 10.0. The van der Waals surface area contributed by atoms with E-state index in [2.05, 4.69) is 26.3 Å². The van der Waals surface area contributed by atoms with Crippen molar-refractivity contribution in [1.82, 2.24) is 9.66 Å². The second-order valence-corrected chi connectivity index (χ2v) is 10.9. The van der Waals surface area contributed by atoms with Crippen LogP contribution in [0.15, 0.2) is 69.0 Å². The number of nitrogens with one attached hydrogen (secondary N) is 1. The molecule has 1 N–H and O–H groups in total. The summed E-state index contributed by atoms with van der Waals surface area (Å²) in [5, 5.41) is 19.3. The summed E-state index contributed by atoms with van der Waals surface area (Å²) in [6, 6.07) is 13.2. The fourth-order valence-electron chi connectivity index (χ4n) is 5.04. The van der Waals surface area contributed by atoms with Crippen molar-refractivity contribution >= 4 is 50.3 Å². The van der Waals surface area contributed by atoms with E-state index in [-0.39, 0.29) is 34.2 Å². The van der Waals surface area contributed by atoms with Gasteiger partial charge in [0.1, 0.15) is 11.6 Å². The molecule has 222 valence electrons. The van der Waals surface area contributed by atoms with Gasteiger partial charge in [-0.2, -0.15) is 9.78 Å². The number of nitro benzene ring substituents is 1. The number of methoxy groups -OCH3 is 1. The van der Waals surface area contributed by atoms with Gasteiger partial charge in [0.15, 0.2) is 12.4 Å². The van der Waals surface area contributed by atoms with Crippen molar-refractivity contribution in [2.45, 2.75) is 38.0 Å². The third-order valence-electron chi connectivity index (χ3n) is 7.06. The third-order valence-corrected chi connectivity index (χ3v) is 7.55. The molecule has 1 amide bonds. The molecule has 0 radical (unpaired) electrons. The number of carbonyl (C=O) groups is 1. The van der Waals surface area contributed by atoms with Crippen LogP contribution in [-0.4, -0.2) is 40.4 Å². The molecule has 0 aliphatic heterocycles. The molecule has 0 atom stereocenters. The first kappa shape index (κ1) is 29.8. The summed E-state index contributed by atoms with van der Waals surface area (Å²) >= 11 is 3.40. The largest absolute Gasteiger partial charge is 0.493 e. The summed E-state index contributed by atoms with van der Waals surface area (Å²) in [6.45, 7) is -0.598. The van der Waals surface area contributed by atoms with Crippen LogP contribution < -0.4 is 20.3 Å². The van der Waals surface area contributed by atoms with Crippen molar-refractivity contribution in [3.05, 3.63) is 96.7 Å². The summed E-state index contributed by atoms with van der Waals surface area (Å²) in [4.78, 5) is 42.1. The minimum atomic E-state index is -0.672. The fourth-order valence-corrected chi connectivity index (χ4v) is 5.40. The average Bonchev–Trinajstić information content (AvgIpc) is 3.00. The van der Waals surface area contributed by atoms with Gasteiger partial charge in [-0.3, -0.25) is 19.7 Å². The Morgan fingerprint density at radius 3 is 2.72 bits per heavy atom. The number of anilines is 1. The predicted molar refractivity (Wildman–Crippen MR) is 163 cm³/mol. The molecule has 1 aromatic heterocycles. The number of hydrogen-bond acceptors (Lipinski definition) is 8. The van der Waals surface area contributed by atoms with E-state index >= 15 is 0 Å². The Kier molecular flexibility index (Phi) is 9.10. The molecule has 3 aromatic carbocycles. The number of nitrogens with zero attached hydrogens (tertiary/aromatic N) is 4. The van der Waals surface area contributed by atoms with Crippen LogP contribution in [0.4, 0.5) is 15.8 Å². The Morgan fingerprint density at radius 2 is 2.00 bits per heavy atom. The highest BCUT2D eigenvalue weighted by molar-refractivity contribution is 9.10. The monoisotopic (exact) mass is 651 g/mol. The van der Waals surface area contributed by atoms with Gasteiger partial charge in [0.2, 0.25) is 5.75 Å². The summed E-state index contributed by atoms with van der Waals surface area (Å²) in [5.41, 5.74) is 0.213. The van der Waals surface area contributed by atoms with Crippen LogP contribution in [0.1, 0.15) is 49.4 Å². The summed E-state index contributed by atoms with van der Waals surface area (Å²) in [5.74, 6) is -0.885. The fraction of sp³-hybridized carbons (Fsp3) is 0.267. The van der Waals surface area contributed by atoms with E-state index in [0.29, 0.717) is 16.7 Å². The van der Waals surface area contributed by atoms with Crippen molar-refractivity contribution in [3.8, 4) is 11.5 Å². The Bertz CT molecular complexity index is 1790. The maximum atomic E-state index is 13.6. The molecule has 0 spiro atoms. The van der Waals surface area contributed by atoms with Crippen LogP contribution in [0.2, 0.25) is 0 Å². The Balaban J connectivity index is 1.47. The van der Waals surface area contributed by atoms with Crippen LogP contribution >= 0.6 is 15.9 Å². The van der Waals surface area contributed by atoms with E-state index < -0.39 is 28.9 Å². The molecule has 1 fully saturated rings. The summed E-state index contributed by atoms with van der Waals surface area (Å²) < 4.78 is 26.3. The topological polar surface area (TPSA) is 138 Å². The number of amides is 1. The van der Waals surface area contributed by atoms with Gasteiger partial charge >= 0.3 is 5.69 Å². The number of aromatic nitrogens is 2. The molecule has 1 saturated carbocycles. The molecule has 11 nitrogen and oxygen atoms in total. The zero-order valence-corrected chi connectivity index (χ0v) is 24.7. The van der Waals surface area contributed by atoms with Crippen molar-refractivity contribution in [2.75, 3.05) is 19.0 Å². The van der Waals surface area contributed by atoms with Crippen LogP contribution in [0, 0.1) is 15.9 Å². The van der Waals surface area contributed by atoms with E-state index in [0.717, 1.165) is 42.6 Å². The highest BCUT2D eigenvalue weighted by Gasteiger charge is 2.25. The lowest BCUT2D eigenvalue weighted by molar-refractivity contribution is -0.385. The maximum Gasteiger partial charge on any atom is 0.315 e. The SMILES string of the molecule is COc1cc(C=Nn2c(C3CCCCC3)nc3ccc(Br)cc3c2=O)cc([N+](=O)[O-])c1OCC(=O)Nc1cccc(F)c1. The van der Waals surface area contributed by atoms with Crippen molar-refractivity contribution < 1.29 is 23.6 Å². The molecular weight excluding hydrogens is 625 g/mol. The van der Waals surface area contributed by atoms with E-state index in [4.69, 9.17) is 14.5 Å². The average molecular weight is 652 g/mol. The quantitative estimate of drug-likeness (QED) is 0.130. The molecular formula is C30H27BrFN5O6. The molecule has 1 aliphatic carbocycles. The van der Waals surface area contributed by atoms with Crippen LogP contribution in [0.5, 0.6) is 11.5 Å². The van der Waals surface area contributed by atoms with Gasteiger partial charge in [0, 0.05) is 27.7 Å². The lowest BCUT2D eigenvalue weighted by atomic mass is 9.88. The molecule has 0 bridgehead atoms. The van der Waals surface area contributed by atoms with Crippen molar-refractivity contribution in [3.63, 3.8) is 0 Å². The normalized spacial score (nSPS) is 13.7. The van der Waals surface area contributed by atoms with Crippen LogP contribution in [0.3, 0.4) is 0 Å². The number of rotatable bonds is 9. The zero-order valence-electron chi connectivity index (χ0n) is 23.1. The minimum Gasteiger partial charge on any atom is -0.493 e. The number of nitro groups is 1. The van der Waals surface area contributed by atoms with E-state index in [1.807, 2.05) is 6.07 Å². The first-order valence-electron chi connectivity index (χ1n) is 13.5. The van der Waals surface area contributed by atoms with Gasteiger partial charge in [0.25, 0.3) is 11.5 Å². The third kappa shape index (κ3) is 6.88. The summed E-state index contributed by atoms with van der Waals surface area (Å²) in [7, 11) is 1.30. The Morgan fingerprint density at radius 1 is 1.21 bits per heavy atom. The van der Waals surface area contributed by atoms with E-state index in [1.165, 1.54) is 48.3 Å². The molecule has 0 unspecified atom stereocenters. The lowest BCUT2D eigenvalue weighted by Crippen LogP contribution is -2.25. The smallest absolute Gasteiger partial charge is 0.315 e. The molecule has 0 saturated heterocycles. The Labute approximate surface area is 253 Å². The van der Waals surface area contributed by atoms with Gasteiger partial charge in [-0.1, -0.05) is 41.3 Å². The first-order chi connectivity index (χ1) is 20.7. The Hall–Kier alpha value is -4.65. The zero-order chi connectivity index (χ0) is 30.5. The van der Waals surface area contributed by atoms with Gasteiger partial charge in [-0.25, -0.2) is 9.37 Å². The number of ether oxygens (including phenoxy) is 2. The number of benzene rings is 3. The van der Waals surface area contributed by atoms with Crippen molar-refractivity contribution in [1.29, 1.82) is 0 Å². The van der Waals surface area contributed by atoms with Gasteiger partial charge in [-0.15, -0.1) is 0 Å². The number of halogens is 2. The summed E-state index contributed by atoms with van der Waals surface area (Å²) in [6.07, 6.45) is 6.25. The molecule has 43 heavy (non-hydrogen) atoms. The molecule has 5 rings (SSSR count). The number of hydrogen-bond donors (Lipinski definition) is 1. The lowest BCUT2D eigenvalue weighted by Gasteiger charge is -2.22. The maximum absolute atomic E-state index is 13.6. The standard InChI is InChI=1S/C30H27BrFN5O6/c1-42-26-13-18(12-25(37(40)41)28(26)43-17-27(38)34-22-9-5-8-21(32)15-22)16-33-36-29(19-6-3-2-4-7-19)35-24-11-10-20(31)14-23(24)30(36)39/h5,8-16,19H,2-4,6-7,17H2,1H3,(H,34,38). The number of carbonyl (C=O) groups excluding carboxylic acids is 1. The van der Waals surface area contributed by atoms with Gasteiger partial charge < -0.3 is 14.8 Å². The van der Waals surface area contributed by atoms with Gasteiger partial charge in [0.05, 0.1) is 29.2 Å². The first-order valence-corrected chi connectivity index (χ1v) is 14.3. The van der Waals surface area contributed by atoms with Gasteiger partial charge in [-0.05, 0) is 55.3 Å². The highest BCUT2D eigenvalue weighted by atomic mass is 79.9.